The number of nitrogens with one attached hydrogen (secondary N) is 1. The lowest BCUT2D eigenvalue weighted by molar-refractivity contribution is 0.504. The Balaban J connectivity index is 1.96. The number of aromatic nitrogens is 4. The third kappa shape index (κ3) is 1.72. The molecule has 1 saturated heterocycles. The van der Waals surface area contributed by atoms with E-state index >= 15 is 0 Å². The van der Waals surface area contributed by atoms with Gasteiger partial charge in [0.1, 0.15) is 17.8 Å². The van der Waals surface area contributed by atoms with Crippen LogP contribution in [0.1, 0.15) is 12.8 Å². The molecule has 102 valence electrons. The summed E-state index contributed by atoms with van der Waals surface area (Å²) in [6.07, 6.45) is 7.49. The van der Waals surface area contributed by atoms with Crippen molar-refractivity contribution < 1.29 is 0 Å². The highest BCUT2D eigenvalue weighted by molar-refractivity contribution is 6.08. The summed E-state index contributed by atoms with van der Waals surface area (Å²) in [4.78, 5) is 18.6. The van der Waals surface area contributed by atoms with Gasteiger partial charge in [-0.3, -0.25) is 0 Å². The molecule has 6 heteroatoms. The summed E-state index contributed by atoms with van der Waals surface area (Å²) in [6, 6.07) is 2.25. The highest BCUT2D eigenvalue weighted by Gasteiger charge is 2.21. The molecule has 1 atom stereocenters. The van der Waals surface area contributed by atoms with Gasteiger partial charge >= 0.3 is 0 Å². The molecule has 0 aromatic carbocycles. The van der Waals surface area contributed by atoms with Crippen molar-refractivity contribution in [2.45, 2.75) is 18.9 Å². The van der Waals surface area contributed by atoms with E-state index in [4.69, 9.17) is 5.73 Å². The van der Waals surface area contributed by atoms with Crippen molar-refractivity contribution in [3.8, 4) is 0 Å². The Bertz CT molecular complexity index is 765. The minimum absolute atomic E-state index is 0.220. The Morgan fingerprint density at radius 1 is 1.30 bits per heavy atom. The number of hydrogen-bond acceptors (Lipinski definition) is 5. The molecule has 0 saturated carbocycles. The third-order valence-corrected chi connectivity index (χ3v) is 3.92. The van der Waals surface area contributed by atoms with E-state index in [9.17, 15) is 0 Å². The maximum absolute atomic E-state index is 6.10. The number of fused-ring (bicyclic) bond motifs is 3. The number of piperidine rings is 1. The zero-order valence-electron chi connectivity index (χ0n) is 11.1. The van der Waals surface area contributed by atoms with Gasteiger partial charge in [-0.05, 0) is 18.9 Å². The molecule has 1 aliphatic heterocycles. The fourth-order valence-corrected chi connectivity index (χ4v) is 2.98. The highest BCUT2D eigenvalue weighted by Crippen LogP contribution is 2.30. The minimum atomic E-state index is 0.220. The molecule has 0 bridgehead atoms. The molecule has 20 heavy (non-hydrogen) atoms. The maximum Gasteiger partial charge on any atom is 0.140 e. The van der Waals surface area contributed by atoms with E-state index in [1.54, 1.807) is 12.5 Å². The fourth-order valence-electron chi connectivity index (χ4n) is 2.98. The lowest BCUT2D eigenvalue weighted by atomic mass is 10.1. The Labute approximate surface area is 116 Å². The van der Waals surface area contributed by atoms with Gasteiger partial charge in [-0.25, -0.2) is 15.0 Å². The Morgan fingerprint density at radius 3 is 3.15 bits per heavy atom. The zero-order chi connectivity index (χ0) is 13.5. The molecule has 3 aromatic rings. The summed E-state index contributed by atoms with van der Waals surface area (Å²) in [5.41, 5.74) is 7.84. The predicted molar refractivity (Wildman–Crippen MR) is 78.6 cm³/mol. The van der Waals surface area contributed by atoms with Crippen molar-refractivity contribution in [2.24, 2.45) is 5.73 Å². The molecular formula is C14H16N6. The number of nitrogens with zero attached hydrogens (tertiary/aromatic N) is 4. The second-order valence-electron chi connectivity index (χ2n) is 5.30. The molecule has 0 aliphatic carbocycles. The lowest BCUT2D eigenvalue weighted by Gasteiger charge is -2.32. The second kappa shape index (κ2) is 4.42. The van der Waals surface area contributed by atoms with Crippen LogP contribution in [0, 0.1) is 0 Å². The van der Waals surface area contributed by atoms with Crippen molar-refractivity contribution in [2.75, 3.05) is 18.0 Å². The molecule has 0 spiro atoms. The maximum atomic E-state index is 6.10. The van der Waals surface area contributed by atoms with Gasteiger partial charge in [0.15, 0.2) is 0 Å². The Morgan fingerprint density at radius 2 is 2.25 bits per heavy atom. The normalized spacial score (nSPS) is 19.9. The van der Waals surface area contributed by atoms with E-state index in [0.717, 1.165) is 53.7 Å². The van der Waals surface area contributed by atoms with Crippen molar-refractivity contribution in [3.63, 3.8) is 0 Å². The minimum Gasteiger partial charge on any atom is -0.354 e. The molecule has 1 aliphatic rings. The fraction of sp³-hybridized carbons (Fsp3) is 0.357. The molecule has 6 nitrogen and oxygen atoms in total. The monoisotopic (exact) mass is 268 g/mol. The van der Waals surface area contributed by atoms with Crippen LogP contribution >= 0.6 is 0 Å². The van der Waals surface area contributed by atoms with Crippen LogP contribution in [0.25, 0.3) is 21.9 Å². The van der Waals surface area contributed by atoms with Crippen LogP contribution in [0.3, 0.4) is 0 Å². The molecule has 1 fully saturated rings. The van der Waals surface area contributed by atoms with Crippen LogP contribution in [0.5, 0.6) is 0 Å². The summed E-state index contributed by atoms with van der Waals surface area (Å²) in [5, 5.41) is 2.13. The number of rotatable bonds is 1. The molecule has 0 amide bonds. The van der Waals surface area contributed by atoms with Crippen LogP contribution in [0.15, 0.2) is 24.8 Å². The molecule has 3 aromatic heterocycles. The second-order valence-corrected chi connectivity index (χ2v) is 5.30. The van der Waals surface area contributed by atoms with Crippen molar-refractivity contribution >= 4 is 27.8 Å². The van der Waals surface area contributed by atoms with Gasteiger partial charge in [-0.15, -0.1) is 0 Å². The predicted octanol–water partition coefficient (Wildman–Crippen LogP) is 1.43. The first-order valence-electron chi connectivity index (χ1n) is 6.90. The van der Waals surface area contributed by atoms with Crippen molar-refractivity contribution in [1.29, 1.82) is 0 Å². The van der Waals surface area contributed by atoms with Crippen LogP contribution < -0.4 is 10.6 Å². The van der Waals surface area contributed by atoms with Crippen molar-refractivity contribution in [1.82, 2.24) is 19.9 Å². The first-order chi connectivity index (χ1) is 9.83. The van der Waals surface area contributed by atoms with E-state index < -0.39 is 0 Å². The van der Waals surface area contributed by atoms with Gasteiger partial charge in [0.25, 0.3) is 0 Å². The van der Waals surface area contributed by atoms with Crippen LogP contribution in [-0.4, -0.2) is 39.1 Å². The third-order valence-electron chi connectivity index (χ3n) is 3.92. The largest absolute Gasteiger partial charge is 0.354 e. The van der Waals surface area contributed by atoms with Crippen LogP contribution in [0.2, 0.25) is 0 Å². The lowest BCUT2D eigenvalue weighted by Crippen LogP contribution is -2.43. The molecule has 3 N–H and O–H groups in total. The first-order valence-corrected chi connectivity index (χ1v) is 6.90. The SMILES string of the molecule is NC1CCCN(c2ncnc3cnc4[nH]ccc4c23)C1. The van der Waals surface area contributed by atoms with Crippen LogP contribution in [0.4, 0.5) is 5.82 Å². The number of anilines is 1. The summed E-state index contributed by atoms with van der Waals surface area (Å²) < 4.78 is 0. The Kier molecular flexibility index (Phi) is 2.56. The number of pyridine rings is 1. The van der Waals surface area contributed by atoms with E-state index in [2.05, 4.69) is 24.8 Å². The number of nitrogens with two attached hydrogens (primary N) is 1. The average Bonchev–Trinajstić information content (AvgIpc) is 2.95. The van der Waals surface area contributed by atoms with Gasteiger partial charge in [-0.1, -0.05) is 0 Å². The highest BCUT2D eigenvalue weighted by atomic mass is 15.2. The summed E-state index contributed by atoms with van der Waals surface area (Å²) >= 11 is 0. The van der Waals surface area contributed by atoms with E-state index in [-0.39, 0.29) is 6.04 Å². The van der Waals surface area contributed by atoms with Crippen molar-refractivity contribution in [3.05, 3.63) is 24.8 Å². The van der Waals surface area contributed by atoms with E-state index in [1.807, 2.05) is 12.3 Å². The standard InChI is InChI=1S/C14H16N6/c15-9-2-1-5-20(7-9)14-12-10-3-4-16-13(10)17-6-11(12)18-8-19-14/h3-4,6,8-9H,1-2,5,7,15H2,(H,16,17). The summed E-state index contributed by atoms with van der Waals surface area (Å²) in [5.74, 6) is 0.970. The smallest absolute Gasteiger partial charge is 0.140 e. The van der Waals surface area contributed by atoms with E-state index in [0.29, 0.717) is 0 Å². The molecule has 1 unspecified atom stereocenters. The quantitative estimate of drug-likeness (QED) is 0.697. The molecule has 4 rings (SSSR count). The Hall–Kier alpha value is -2.21. The van der Waals surface area contributed by atoms with E-state index in [1.165, 1.54) is 0 Å². The topological polar surface area (TPSA) is 83.7 Å². The molecule has 0 radical (unpaired) electrons. The number of aromatic amines is 1. The zero-order valence-corrected chi connectivity index (χ0v) is 11.1. The number of H-pyrrole nitrogens is 1. The van der Waals surface area contributed by atoms with Gasteiger partial charge < -0.3 is 15.6 Å². The summed E-state index contributed by atoms with van der Waals surface area (Å²) in [6.45, 7) is 1.84. The first kappa shape index (κ1) is 11.6. The molecular weight excluding hydrogens is 252 g/mol. The summed E-state index contributed by atoms with van der Waals surface area (Å²) in [7, 11) is 0. The number of hydrogen-bond donors (Lipinski definition) is 2. The van der Waals surface area contributed by atoms with Gasteiger partial charge in [0.2, 0.25) is 0 Å². The van der Waals surface area contributed by atoms with Gasteiger partial charge in [-0.2, -0.15) is 0 Å². The average molecular weight is 268 g/mol. The van der Waals surface area contributed by atoms with Gasteiger partial charge in [0.05, 0.1) is 17.1 Å². The molecule has 4 heterocycles. The van der Waals surface area contributed by atoms with Gasteiger partial charge in [0, 0.05) is 30.7 Å². The van der Waals surface area contributed by atoms with Crippen LogP contribution in [-0.2, 0) is 0 Å².